The van der Waals surface area contributed by atoms with Gasteiger partial charge in [0.2, 0.25) is 11.7 Å². The van der Waals surface area contributed by atoms with Gasteiger partial charge in [-0.15, -0.1) is 0 Å². The van der Waals surface area contributed by atoms with Gasteiger partial charge < -0.3 is 18.6 Å². The molecule has 1 heterocycles. The quantitative estimate of drug-likeness (QED) is 0.781. The molecule has 0 atom stereocenters. The number of benzene rings is 1. The first-order chi connectivity index (χ1) is 9.69. The number of methoxy groups -OCH3 is 3. The first kappa shape index (κ1) is 14.1. The normalized spacial score (nSPS) is 10.3. The van der Waals surface area contributed by atoms with E-state index in [1.807, 2.05) is 18.2 Å². The summed E-state index contributed by atoms with van der Waals surface area (Å²) in [4.78, 5) is 15.9. The van der Waals surface area contributed by atoms with Crippen LogP contribution in [0.25, 0.3) is 11.5 Å². The topological polar surface area (TPSA) is 70.8 Å². The Hall–Kier alpha value is -2.34. The van der Waals surface area contributed by atoms with Crippen molar-refractivity contribution in [3.63, 3.8) is 0 Å². The van der Waals surface area contributed by atoms with Crippen molar-refractivity contribution < 1.29 is 23.4 Å². The molecule has 106 valence electrons. The van der Waals surface area contributed by atoms with Gasteiger partial charge in [0.15, 0.2) is 0 Å². The van der Waals surface area contributed by atoms with Gasteiger partial charge in [0, 0.05) is 12.7 Å². The minimum absolute atomic E-state index is 0.0483. The Morgan fingerprint density at radius 1 is 1.30 bits per heavy atom. The minimum atomic E-state index is -0.585. The summed E-state index contributed by atoms with van der Waals surface area (Å²) in [5.41, 5.74) is 1.11. The lowest BCUT2D eigenvalue weighted by molar-refractivity contribution is 0.0559. The van der Waals surface area contributed by atoms with Crippen molar-refractivity contribution in [3.05, 3.63) is 35.7 Å². The molecule has 2 rings (SSSR count). The van der Waals surface area contributed by atoms with Gasteiger partial charge in [0.1, 0.15) is 11.4 Å². The lowest BCUT2D eigenvalue weighted by Gasteiger charge is -2.00. The highest BCUT2D eigenvalue weighted by molar-refractivity contribution is 5.87. The molecule has 20 heavy (non-hydrogen) atoms. The second-order valence-electron chi connectivity index (χ2n) is 3.95. The number of hydrogen-bond acceptors (Lipinski definition) is 6. The van der Waals surface area contributed by atoms with Gasteiger partial charge in [-0.05, 0) is 18.2 Å². The summed E-state index contributed by atoms with van der Waals surface area (Å²) in [6, 6.07) is 7.20. The molecule has 0 radical (unpaired) electrons. The van der Waals surface area contributed by atoms with Crippen LogP contribution in [0.15, 0.2) is 28.7 Å². The number of oxazole rings is 1. The Kier molecular flexibility index (Phi) is 4.37. The number of rotatable bonds is 5. The molecule has 1 aromatic heterocycles. The van der Waals surface area contributed by atoms with Gasteiger partial charge in [-0.25, -0.2) is 9.78 Å². The Labute approximate surface area is 116 Å². The predicted octanol–water partition coefficient (Wildman–Crippen LogP) is 2.28. The average Bonchev–Trinajstić information content (AvgIpc) is 2.91. The Balaban J connectivity index is 2.43. The standard InChI is InChI=1S/C14H15NO5/c1-17-8-11-12(14(16)19-3)20-13(15-11)9-5-4-6-10(7-9)18-2/h4-7H,8H2,1-3H3. The molecular weight excluding hydrogens is 262 g/mol. The fourth-order valence-electron chi connectivity index (χ4n) is 1.72. The van der Waals surface area contributed by atoms with E-state index in [1.165, 1.54) is 14.2 Å². The lowest BCUT2D eigenvalue weighted by Crippen LogP contribution is -2.04. The third-order valence-electron chi connectivity index (χ3n) is 2.67. The van der Waals surface area contributed by atoms with Gasteiger partial charge in [0.05, 0.1) is 20.8 Å². The Morgan fingerprint density at radius 3 is 2.75 bits per heavy atom. The molecule has 0 aliphatic carbocycles. The first-order valence-electron chi connectivity index (χ1n) is 5.91. The Morgan fingerprint density at radius 2 is 2.10 bits per heavy atom. The first-order valence-corrected chi connectivity index (χ1v) is 5.91. The van der Waals surface area contributed by atoms with Crippen LogP contribution < -0.4 is 4.74 Å². The Bertz CT molecular complexity index is 605. The maximum atomic E-state index is 11.6. The largest absolute Gasteiger partial charge is 0.497 e. The van der Waals surface area contributed by atoms with Gasteiger partial charge in [-0.2, -0.15) is 0 Å². The summed E-state index contributed by atoms with van der Waals surface area (Å²) in [5, 5.41) is 0. The molecule has 0 fully saturated rings. The monoisotopic (exact) mass is 277 g/mol. The van der Waals surface area contributed by atoms with E-state index in [0.717, 1.165) is 0 Å². The van der Waals surface area contributed by atoms with Crippen molar-refractivity contribution in [1.82, 2.24) is 4.98 Å². The molecule has 1 aromatic carbocycles. The zero-order valence-corrected chi connectivity index (χ0v) is 11.5. The summed E-state index contributed by atoms with van der Waals surface area (Å²) in [6.07, 6.45) is 0. The fourth-order valence-corrected chi connectivity index (χ4v) is 1.72. The summed E-state index contributed by atoms with van der Waals surface area (Å²) in [7, 11) is 4.37. The fraction of sp³-hybridized carbons (Fsp3) is 0.286. The molecule has 0 aliphatic heterocycles. The van der Waals surface area contributed by atoms with Crippen molar-refractivity contribution in [1.29, 1.82) is 0 Å². The van der Waals surface area contributed by atoms with E-state index < -0.39 is 5.97 Å². The smallest absolute Gasteiger partial charge is 0.376 e. The molecule has 2 aromatic rings. The molecule has 0 saturated heterocycles. The van der Waals surface area contributed by atoms with Crippen molar-refractivity contribution in [2.75, 3.05) is 21.3 Å². The maximum absolute atomic E-state index is 11.6. The van der Waals surface area contributed by atoms with Crippen LogP contribution in [0.5, 0.6) is 5.75 Å². The molecule has 0 unspecified atom stereocenters. The summed E-state index contributed by atoms with van der Waals surface area (Å²) in [6.45, 7) is 0.165. The molecule has 0 amide bonds. The number of carbonyl (C=O) groups excluding carboxylic acids is 1. The maximum Gasteiger partial charge on any atom is 0.376 e. The number of aromatic nitrogens is 1. The average molecular weight is 277 g/mol. The summed E-state index contributed by atoms with van der Waals surface area (Å²) >= 11 is 0. The van der Waals surface area contributed by atoms with Gasteiger partial charge in [-0.3, -0.25) is 0 Å². The van der Waals surface area contributed by atoms with E-state index in [9.17, 15) is 4.79 Å². The highest BCUT2D eigenvalue weighted by atomic mass is 16.5. The van der Waals surface area contributed by atoms with Crippen molar-refractivity contribution >= 4 is 5.97 Å². The molecule has 0 spiro atoms. The highest BCUT2D eigenvalue weighted by Crippen LogP contribution is 2.26. The zero-order chi connectivity index (χ0) is 14.5. The highest BCUT2D eigenvalue weighted by Gasteiger charge is 2.21. The van der Waals surface area contributed by atoms with Crippen LogP contribution in [0, 0.1) is 0 Å². The van der Waals surface area contributed by atoms with Crippen LogP contribution in [0.4, 0.5) is 0 Å². The van der Waals surface area contributed by atoms with Crippen LogP contribution in [0.1, 0.15) is 16.2 Å². The van der Waals surface area contributed by atoms with E-state index in [4.69, 9.17) is 13.9 Å². The van der Waals surface area contributed by atoms with Crippen LogP contribution in [-0.2, 0) is 16.1 Å². The van der Waals surface area contributed by atoms with E-state index in [1.54, 1.807) is 13.2 Å². The van der Waals surface area contributed by atoms with Gasteiger partial charge in [-0.1, -0.05) is 6.07 Å². The van der Waals surface area contributed by atoms with Crippen molar-refractivity contribution in [2.45, 2.75) is 6.61 Å². The van der Waals surface area contributed by atoms with E-state index >= 15 is 0 Å². The van der Waals surface area contributed by atoms with E-state index in [-0.39, 0.29) is 12.4 Å². The van der Waals surface area contributed by atoms with Crippen molar-refractivity contribution in [2.24, 2.45) is 0 Å². The van der Waals surface area contributed by atoms with Gasteiger partial charge in [0.25, 0.3) is 0 Å². The molecule has 6 heteroatoms. The van der Waals surface area contributed by atoms with E-state index in [2.05, 4.69) is 9.72 Å². The molecular formula is C14H15NO5. The van der Waals surface area contributed by atoms with Crippen LogP contribution in [0.3, 0.4) is 0 Å². The van der Waals surface area contributed by atoms with Crippen LogP contribution in [-0.4, -0.2) is 32.3 Å². The molecule has 0 N–H and O–H groups in total. The lowest BCUT2D eigenvalue weighted by atomic mass is 10.2. The number of esters is 1. The number of hydrogen-bond donors (Lipinski definition) is 0. The molecule has 0 aliphatic rings. The minimum Gasteiger partial charge on any atom is -0.497 e. The molecule has 0 saturated carbocycles. The van der Waals surface area contributed by atoms with Crippen molar-refractivity contribution in [3.8, 4) is 17.2 Å². The molecule has 0 bridgehead atoms. The third-order valence-corrected chi connectivity index (χ3v) is 2.67. The second-order valence-corrected chi connectivity index (χ2v) is 3.95. The number of nitrogens with zero attached hydrogens (tertiary/aromatic N) is 1. The third kappa shape index (κ3) is 2.80. The van der Waals surface area contributed by atoms with E-state index in [0.29, 0.717) is 22.9 Å². The zero-order valence-electron chi connectivity index (χ0n) is 11.5. The number of ether oxygens (including phenoxy) is 3. The van der Waals surface area contributed by atoms with Gasteiger partial charge >= 0.3 is 5.97 Å². The predicted molar refractivity (Wildman–Crippen MR) is 70.5 cm³/mol. The van der Waals surface area contributed by atoms with Crippen LogP contribution in [0.2, 0.25) is 0 Å². The summed E-state index contributed by atoms with van der Waals surface area (Å²) in [5.74, 6) is 0.454. The second kappa shape index (κ2) is 6.21. The SMILES string of the molecule is COCc1nc(-c2cccc(OC)c2)oc1C(=O)OC. The number of carbonyl (C=O) groups is 1. The molecule has 6 nitrogen and oxygen atoms in total. The van der Waals surface area contributed by atoms with Crippen LogP contribution >= 0.6 is 0 Å². The summed E-state index contributed by atoms with van der Waals surface area (Å²) < 4.78 is 20.3.